The van der Waals surface area contributed by atoms with Crippen LogP contribution >= 0.6 is 0 Å². The number of ketones is 1. The number of hydrogen-bond donors (Lipinski definition) is 2. The molecule has 116 valence electrons. The first-order valence-electron chi connectivity index (χ1n) is 7.40. The SMILES string of the molecule is CC(=O)C(CCCCCCCCCCC(=O)O)C(=O)O. The molecule has 0 bridgehead atoms. The van der Waals surface area contributed by atoms with Gasteiger partial charge in [-0.2, -0.15) is 0 Å². The van der Waals surface area contributed by atoms with Crippen molar-refractivity contribution in [2.45, 2.75) is 71.1 Å². The van der Waals surface area contributed by atoms with E-state index in [0.29, 0.717) is 6.42 Å². The monoisotopic (exact) mass is 286 g/mol. The third kappa shape index (κ3) is 10.5. The normalized spacial score (nSPS) is 12.1. The van der Waals surface area contributed by atoms with Gasteiger partial charge in [-0.15, -0.1) is 0 Å². The third-order valence-electron chi connectivity index (χ3n) is 3.42. The summed E-state index contributed by atoms with van der Waals surface area (Å²) >= 11 is 0. The molecule has 1 atom stereocenters. The molecule has 0 aromatic rings. The van der Waals surface area contributed by atoms with Crippen LogP contribution in [0.1, 0.15) is 71.1 Å². The second kappa shape index (κ2) is 11.4. The minimum Gasteiger partial charge on any atom is -0.481 e. The number of hydrogen-bond acceptors (Lipinski definition) is 3. The highest BCUT2D eigenvalue weighted by Gasteiger charge is 2.21. The van der Waals surface area contributed by atoms with Gasteiger partial charge in [-0.05, 0) is 19.8 Å². The quantitative estimate of drug-likeness (QED) is 0.400. The lowest BCUT2D eigenvalue weighted by Crippen LogP contribution is -2.21. The Bertz CT molecular complexity index is 297. The molecule has 0 aliphatic carbocycles. The number of carbonyl (C=O) groups excluding carboxylic acids is 1. The lowest BCUT2D eigenvalue weighted by atomic mass is 9.97. The Labute approximate surface area is 120 Å². The number of rotatable bonds is 13. The van der Waals surface area contributed by atoms with Crippen molar-refractivity contribution in [2.75, 3.05) is 0 Å². The van der Waals surface area contributed by atoms with Crippen molar-refractivity contribution in [1.82, 2.24) is 0 Å². The summed E-state index contributed by atoms with van der Waals surface area (Å²) in [5.74, 6) is -2.86. The van der Waals surface area contributed by atoms with Gasteiger partial charge in [0.25, 0.3) is 0 Å². The summed E-state index contributed by atoms with van der Waals surface area (Å²) in [6.07, 6.45) is 8.39. The second-order valence-electron chi connectivity index (χ2n) is 5.26. The van der Waals surface area contributed by atoms with Gasteiger partial charge in [0.05, 0.1) is 0 Å². The van der Waals surface area contributed by atoms with Gasteiger partial charge in [-0.1, -0.05) is 44.9 Å². The highest BCUT2D eigenvalue weighted by Crippen LogP contribution is 2.14. The zero-order valence-corrected chi connectivity index (χ0v) is 12.3. The molecule has 5 nitrogen and oxygen atoms in total. The van der Waals surface area contributed by atoms with E-state index in [2.05, 4.69) is 0 Å². The Balaban J connectivity index is 3.38. The van der Waals surface area contributed by atoms with E-state index < -0.39 is 17.9 Å². The predicted octanol–water partition coefficient (Wildman–Crippen LogP) is 3.26. The van der Waals surface area contributed by atoms with Gasteiger partial charge < -0.3 is 10.2 Å². The molecular formula is C15H26O5. The summed E-state index contributed by atoms with van der Waals surface area (Å²) in [6.45, 7) is 1.33. The van der Waals surface area contributed by atoms with E-state index in [1.807, 2.05) is 0 Å². The first kappa shape index (κ1) is 18.6. The second-order valence-corrected chi connectivity index (χ2v) is 5.26. The molecule has 0 fully saturated rings. The van der Waals surface area contributed by atoms with Crippen LogP contribution in [0.2, 0.25) is 0 Å². The van der Waals surface area contributed by atoms with Crippen molar-refractivity contribution < 1.29 is 24.6 Å². The van der Waals surface area contributed by atoms with Crippen LogP contribution in [-0.2, 0) is 14.4 Å². The molecule has 0 radical (unpaired) electrons. The van der Waals surface area contributed by atoms with Crippen LogP contribution in [-0.4, -0.2) is 27.9 Å². The van der Waals surface area contributed by atoms with E-state index >= 15 is 0 Å². The van der Waals surface area contributed by atoms with Gasteiger partial charge in [0, 0.05) is 6.42 Å². The Morgan fingerprint density at radius 2 is 1.25 bits per heavy atom. The van der Waals surface area contributed by atoms with E-state index in [1.165, 1.54) is 6.92 Å². The minimum atomic E-state index is -1.02. The van der Waals surface area contributed by atoms with Crippen LogP contribution < -0.4 is 0 Å². The average molecular weight is 286 g/mol. The molecule has 0 spiro atoms. The number of carboxylic acid groups (broad SMARTS) is 2. The maximum absolute atomic E-state index is 11.1. The number of carboxylic acids is 2. The number of carbonyl (C=O) groups is 3. The molecule has 2 N–H and O–H groups in total. The maximum Gasteiger partial charge on any atom is 0.314 e. The standard InChI is InChI=1S/C15H26O5/c1-12(16)13(15(19)20)10-8-6-4-2-3-5-7-9-11-14(17)18/h13H,2-11H2,1H3,(H,17,18)(H,19,20). The van der Waals surface area contributed by atoms with Crippen LogP contribution in [0.15, 0.2) is 0 Å². The number of aliphatic carboxylic acids is 2. The van der Waals surface area contributed by atoms with Crippen LogP contribution in [0.4, 0.5) is 0 Å². The Morgan fingerprint density at radius 1 is 0.800 bits per heavy atom. The van der Waals surface area contributed by atoms with Gasteiger partial charge in [0.15, 0.2) is 0 Å². The van der Waals surface area contributed by atoms with Crippen molar-refractivity contribution in [3.05, 3.63) is 0 Å². The highest BCUT2D eigenvalue weighted by atomic mass is 16.4. The molecule has 0 aliphatic heterocycles. The fourth-order valence-corrected chi connectivity index (χ4v) is 2.19. The molecular weight excluding hydrogens is 260 g/mol. The van der Waals surface area contributed by atoms with E-state index in [9.17, 15) is 14.4 Å². The molecule has 0 amide bonds. The van der Waals surface area contributed by atoms with E-state index in [1.54, 1.807) is 0 Å². The Morgan fingerprint density at radius 3 is 1.65 bits per heavy atom. The highest BCUT2D eigenvalue weighted by molar-refractivity contribution is 5.96. The zero-order valence-electron chi connectivity index (χ0n) is 12.3. The van der Waals surface area contributed by atoms with Crippen molar-refractivity contribution in [3.63, 3.8) is 0 Å². The van der Waals surface area contributed by atoms with Gasteiger partial charge >= 0.3 is 11.9 Å². The summed E-state index contributed by atoms with van der Waals surface area (Å²) in [5, 5.41) is 17.3. The molecule has 5 heteroatoms. The first-order chi connectivity index (χ1) is 9.45. The lowest BCUT2D eigenvalue weighted by Gasteiger charge is -2.08. The summed E-state index contributed by atoms with van der Waals surface area (Å²) in [6, 6.07) is 0. The number of Topliss-reactive ketones (excluding diaryl/α,β-unsaturated/α-hetero) is 1. The van der Waals surface area contributed by atoms with Gasteiger partial charge in [0.1, 0.15) is 11.7 Å². The maximum atomic E-state index is 11.1. The van der Waals surface area contributed by atoms with Gasteiger partial charge in [-0.3, -0.25) is 14.4 Å². The van der Waals surface area contributed by atoms with Crippen molar-refractivity contribution in [3.8, 4) is 0 Å². The van der Waals surface area contributed by atoms with Crippen molar-refractivity contribution >= 4 is 17.7 Å². The molecule has 0 saturated carbocycles. The lowest BCUT2D eigenvalue weighted by molar-refractivity contribution is -0.146. The fourth-order valence-electron chi connectivity index (χ4n) is 2.19. The smallest absolute Gasteiger partial charge is 0.314 e. The fraction of sp³-hybridized carbons (Fsp3) is 0.800. The third-order valence-corrected chi connectivity index (χ3v) is 3.42. The molecule has 0 saturated heterocycles. The summed E-state index contributed by atoms with van der Waals surface area (Å²) in [7, 11) is 0. The summed E-state index contributed by atoms with van der Waals surface area (Å²) in [4.78, 5) is 32.2. The number of unbranched alkanes of at least 4 members (excludes halogenated alkanes) is 7. The van der Waals surface area contributed by atoms with Crippen molar-refractivity contribution in [2.24, 2.45) is 5.92 Å². The van der Waals surface area contributed by atoms with Gasteiger partial charge in [0.2, 0.25) is 0 Å². The molecule has 0 aromatic heterocycles. The Kier molecular flexibility index (Phi) is 10.6. The van der Waals surface area contributed by atoms with E-state index in [0.717, 1.165) is 51.4 Å². The minimum absolute atomic E-state index is 0.252. The molecule has 0 aliphatic rings. The van der Waals surface area contributed by atoms with Crippen LogP contribution in [0.5, 0.6) is 0 Å². The van der Waals surface area contributed by atoms with Gasteiger partial charge in [-0.25, -0.2) is 0 Å². The van der Waals surface area contributed by atoms with Crippen LogP contribution in [0.3, 0.4) is 0 Å². The Hall–Kier alpha value is -1.39. The summed E-state index contributed by atoms with van der Waals surface area (Å²) in [5.41, 5.74) is 0. The predicted molar refractivity (Wildman–Crippen MR) is 75.6 cm³/mol. The first-order valence-corrected chi connectivity index (χ1v) is 7.40. The molecule has 0 heterocycles. The summed E-state index contributed by atoms with van der Waals surface area (Å²) < 4.78 is 0. The van der Waals surface area contributed by atoms with E-state index in [4.69, 9.17) is 10.2 Å². The van der Waals surface area contributed by atoms with Crippen LogP contribution in [0.25, 0.3) is 0 Å². The molecule has 20 heavy (non-hydrogen) atoms. The van der Waals surface area contributed by atoms with Crippen molar-refractivity contribution in [1.29, 1.82) is 0 Å². The molecule has 0 aromatic carbocycles. The topological polar surface area (TPSA) is 91.7 Å². The molecule has 1 unspecified atom stereocenters. The van der Waals surface area contributed by atoms with E-state index in [-0.39, 0.29) is 12.2 Å². The van der Waals surface area contributed by atoms with Crippen LogP contribution in [0, 0.1) is 5.92 Å². The average Bonchev–Trinajstić information content (AvgIpc) is 2.34. The molecule has 0 rings (SSSR count). The zero-order chi connectivity index (χ0) is 15.4. The largest absolute Gasteiger partial charge is 0.481 e.